The van der Waals surface area contributed by atoms with E-state index in [-0.39, 0.29) is 17.5 Å². The lowest BCUT2D eigenvalue weighted by Gasteiger charge is -2.33. The second-order valence-corrected chi connectivity index (χ2v) is 6.14. The molecule has 0 radical (unpaired) electrons. The molecule has 0 saturated carbocycles. The standard InChI is InChI=1S/C17H19N5O4/c1-11-8-12(22(24)25)10-20-17(11)21-6-3-13(4-7-21)26-14-2-5-19-15(9-14)16(18)23/h2,5,8-10,13H,3-4,6-7H2,1H3,(H2,18,23). The number of piperidine rings is 1. The minimum atomic E-state index is -0.593. The summed E-state index contributed by atoms with van der Waals surface area (Å²) in [5, 5.41) is 10.8. The Labute approximate surface area is 150 Å². The predicted octanol–water partition coefficient (Wildman–Crippen LogP) is 1.84. The number of amides is 1. The summed E-state index contributed by atoms with van der Waals surface area (Å²) in [5.41, 5.74) is 6.17. The summed E-state index contributed by atoms with van der Waals surface area (Å²) in [6.45, 7) is 3.27. The molecule has 1 amide bonds. The first-order valence-electron chi connectivity index (χ1n) is 8.22. The van der Waals surface area contributed by atoms with Gasteiger partial charge in [0.05, 0.1) is 4.92 Å². The predicted molar refractivity (Wildman–Crippen MR) is 94.2 cm³/mol. The fraction of sp³-hybridized carbons (Fsp3) is 0.353. The highest BCUT2D eigenvalue weighted by Gasteiger charge is 2.23. The summed E-state index contributed by atoms with van der Waals surface area (Å²) in [4.78, 5) is 31.8. The van der Waals surface area contributed by atoms with Crippen LogP contribution in [0.3, 0.4) is 0 Å². The largest absolute Gasteiger partial charge is 0.490 e. The van der Waals surface area contributed by atoms with Gasteiger partial charge in [0.2, 0.25) is 0 Å². The van der Waals surface area contributed by atoms with Gasteiger partial charge in [-0.1, -0.05) is 0 Å². The Morgan fingerprint density at radius 2 is 2.08 bits per heavy atom. The number of rotatable bonds is 5. The third kappa shape index (κ3) is 3.88. The van der Waals surface area contributed by atoms with Gasteiger partial charge in [-0.3, -0.25) is 19.9 Å². The Balaban J connectivity index is 1.62. The molecular weight excluding hydrogens is 338 g/mol. The van der Waals surface area contributed by atoms with Gasteiger partial charge in [0.1, 0.15) is 29.6 Å². The number of aryl methyl sites for hydroxylation is 1. The zero-order valence-electron chi connectivity index (χ0n) is 14.3. The summed E-state index contributed by atoms with van der Waals surface area (Å²) < 4.78 is 5.93. The van der Waals surface area contributed by atoms with Crippen LogP contribution in [0, 0.1) is 17.0 Å². The van der Waals surface area contributed by atoms with E-state index < -0.39 is 10.8 Å². The van der Waals surface area contributed by atoms with Crippen LogP contribution in [0.1, 0.15) is 28.9 Å². The van der Waals surface area contributed by atoms with Gasteiger partial charge >= 0.3 is 0 Å². The van der Waals surface area contributed by atoms with E-state index in [1.807, 2.05) is 6.92 Å². The van der Waals surface area contributed by atoms with Crippen LogP contribution in [0.25, 0.3) is 0 Å². The van der Waals surface area contributed by atoms with Gasteiger partial charge in [0.15, 0.2) is 0 Å². The first kappa shape index (κ1) is 17.6. The van der Waals surface area contributed by atoms with Crippen LogP contribution in [0.5, 0.6) is 5.75 Å². The molecule has 3 heterocycles. The average molecular weight is 357 g/mol. The smallest absolute Gasteiger partial charge is 0.287 e. The molecule has 136 valence electrons. The lowest BCUT2D eigenvalue weighted by Crippen LogP contribution is -2.39. The Morgan fingerprint density at radius 3 is 2.69 bits per heavy atom. The van der Waals surface area contributed by atoms with Gasteiger partial charge in [-0.25, -0.2) is 4.98 Å². The number of nitrogens with zero attached hydrogens (tertiary/aromatic N) is 4. The molecule has 0 bridgehead atoms. The van der Waals surface area contributed by atoms with E-state index in [1.165, 1.54) is 24.5 Å². The number of pyridine rings is 2. The number of anilines is 1. The van der Waals surface area contributed by atoms with Crippen molar-refractivity contribution in [3.8, 4) is 5.75 Å². The van der Waals surface area contributed by atoms with Crippen LogP contribution in [-0.4, -0.2) is 40.0 Å². The monoisotopic (exact) mass is 357 g/mol. The van der Waals surface area contributed by atoms with Crippen LogP contribution in [0.4, 0.5) is 11.5 Å². The fourth-order valence-electron chi connectivity index (χ4n) is 2.98. The molecule has 0 unspecified atom stereocenters. The third-order valence-corrected chi connectivity index (χ3v) is 4.28. The number of carbonyl (C=O) groups is 1. The zero-order valence-corrected chi connectivity index (χ0v) is 14.3. The maximum Gasteiger partial charge on any atom is 0.287 e. The van der Waals surface area contributed by atoms with Crippen molar-refractivity contribution in [2.45, 2.75) is 25.9 Å². The van der Waals surface area contributed by atoms with Gasteiger partial charge in [-0.15, -0.1) is 0 Å². The molecule has 9 nitrogen and oxygen atoms in total. The van der Waals surface area contributed by atoms with E-state index in [0.717, 1.165) is 37.3 Å². The normalized spacial score (nSPS) is 14.9. The van der Waals surface area contributed by atoms with Crippen LogP contribution in [0.2, 0.25) is 0 Å². The zero-order chi connectivity index (χ0) is 18.7. The number of ether oxygens (including phenoxy) is 1. The Bertz CT molecular complexity index is 834. The van der Waals surface area contributed by atoms with Crippen LogP contribution in [-0.2, 0) is 0 Å². The van der Waals surface area contributed by atoms with Crippen LogP contribution in [0.15, 0.2) is 30.6 Å². The first-order chi connectivity index (χ1) is 12.4. The summed E-state index contributed by atoms with van der Waals surface area (Å²) >= 11 is 0. The number of primary amides is 1. The van der Waals surface area contributed by atoms with Gasteiger partial charge < -0.3 is 15.4 Å². The highest BCUT2D eigenvalue weighted by molar-refractivity contribution is 5.91. The van der Waals surface area contributed by atoms with Gasteiger partial charge in [-0.05, 0) is 18.6 Å². The van der Waals surface area contributed by atoms with Crippen molar-refractivity contribution >= 4 is 17.4 Å². The molecule has 3 rings (SSSR count). The van der Waals surface area contributed by atoms with E-state index in [4.69, 9.17) is 10.5 Å². The second kappa shape index (κ2) is 7.34. The van der Waals surface area contributed by atoms with Gasteiger partial charge in [-0.2, -0.15) is 0 Å². The van der Waals surface area contributed by atoms with Crippen molar-refractivity contribution in [2.75, 3.05) is 18.0 Å². The van der Waals surface area contributed by atoms with Crippen molar-refractivity contribution in [1.82, 2.24) is 9.97 Å². The molecule has 0 aliphatic carbocycles. The molecule has 2 aromatic rings. The van der Waals surface area contributed by atoms with Gasteiger partial charge in [0, 0.05) is 44.3 Å². The molecule has 26 heavy (non-hydrogen) atoms. The SMILES string of the molecule is Cc1cc([N+](=O)[O-])cnc1N1CCC(Oc2ccnc(C(N)=O)c2)CC1. The van der Waals surface area contributed by atoms with Crippen molar-refractivity contribution in [2.24, 2.45) is 5.73 Å². The fourth-order valence-corrected chi connectivity index (χ4v) is 2.98. The van der Waals surface area contributed by atoms with E-state index in [9.17, 15) is 14.9 Å². The molecule has 1 aliphatic rings. The lowest BCUT2D eigenvalue weighted by molar-refractivity contribution is -0.385. The molecule has 2 N–H and O–H groups in total. The molecular formula is C17H19N5O4. The topological polar surface area (TPSA) is 124 Å². The van der Waals surface area contributed by atoms with E-state index in [1.54, 1.807) is 6.07 Å². The maximum absolute atomic E-state index is 11.2. The number of nitro groups is 1. The Kier molecular flexibility index (Phi) is 4.97. The molecule has 1 fully saturated rings. The van der Waals surface area contributed by atoms with Crippen LogP contribution < -0.4 is 15.4 Å². The molecule has 9 heteroatoms. The molecule has 2 aromatic heterocycles. The maximum atomic E-state index is 11.2. The minimum absolute atomic E-state index is 0.00703. The van der Waals surface area contributed by atoms with Crippen LogP contribution >= 0.6 is 0 Å². The third-order valence-electron chi connectivity index (χ3n) is 4.28. The van der Waals surface area contributed by atoms with Gasteiger partial charge in [0.25, 0.3) is 11.6 Å². The average Bonchev–Trinajstić information content (AvgIpc) is 2.62. The number of hydrogen-bond donors (Lipinski definition) is 1. The molecule has 1 aliphatic heterocycles. The number of hydrogen-bond acceptors (Lipinski definition) is 7. The first-order valence-corrected chi connectivity index (χ1v) is 8.22. The van der Waals surface area contributed by atoms with Crippen molar-refractivity contribution < 1.29 is 14.5 Å². The van der Waals surface area contributed by atoms with Crippen molar-refractivity contribution in [3.63, 3.8) is 0 Å². The number of aromatic nitrogens is 2. The van der Waals surface area contributed by atoms with E-state index >= 15 is 0 Å². The van der Waals surface area contributed by atoms with Crippen molar-refractivity contribution in [3.05, 3.63) is 52.0 Å². The summed E-state index contributed by atoms with van der Waals surface area (Å²) in [6.07, 6.45) is 4.33. The molecule has 0 atom stereocenters. The summed E-state index contributed by atoms with van der Waals surface area (Å²) in [5.74, 6) is 0.732. The lowest BCUT2D eigenvalue weighted by atomic mass is 10.1. The quantitative estimate of drug-likeness (QED) is 0.639. The Morgan fingerprint density at radius 1 is 1.35 bits per heavy atom. The van der Waals surface area contributed by atoms with E-state index in [2.05, 4.69) is 14.9 Å². The minimum Gasteiger partial charge on any atom is -0.490 e. The second-order valence-electron chi connectivity index (χ2n) is 6.14. The summed E-state index contributed by atoms with van der Waals surface area (Å²) in [6, 6.07) is 4.77. The number of carbonyl (C=O) groups excluding carboxylic acids is 1. The highest BCUT2D eigenvalue weighted by atomic mass is 16.6. The highest BCUT2D eigenvalue weighted by Crippen LogP contribution is 2.26. The molecule has 0 spiro atoms. The van der Waals surface area contributed by atoms with Crippen molar-refractivity contribution in [1.29, 1.82) is 0 Å². The molecule has 1 saturated heterocycles. The number of nitrogens with two attached hydrogens (primary N) is 1. The summed E-state index contributed by atoms with van der Waals surface area (Å²) in [7, 11) is 0. The Hall–Kier alpha value is -3.23. The molecule has 0 aromatic carbocycles. The van der Waals surface area contributed by atoms with E-state index in [0.29, 0.717) is 5.75 Å².